The third-order valence-electron chi connectivity index (χ3n) is 4.13. The lowest BCUT2D eigenvalue weighted by Crippen LogP contribution is -2.57. The minimum absolute atomic E-state index is 0.101. The molecule has 0 spiro atoms. The molecule has 1 aliphatic rings. The van der Waals surface area contributed by atoms with Crippen molar-refractivity contribution in [1.29, 1.82) is 0 Å². The van der Waals surface area contributed by atoms with Crippen molar-refractivity contribution < 1.29 is 14.3 Å². The van der Waals surface area contributed by atoms with Gasteiger partial charge in [-0.2, -0.15) is 0 Å². The first-order valence-corrected chi connectivity index (χ1v) is 8.58. The smallest absolute Gasteiger partial charge is 0.326 e. The van der Waals surface area contributed by atoms with Gasteiger partial charge in [0, 0.05) is 13.0 Å². The Balaban J connectivity index is 2.61. The Hall–Kier alpha value is -0.610. The second-order valence-electron chi connectivity index (χ2n) is 6.50. The van der Waals surface area contributed by atoms with Crippen LogP contribution in [0.25, 0.3) is 0 Å². The Morgan fingerprint density at radius 1 is 1.38 bits per heavy atom. The highest BCUT2D eigenvalue weighted by atomic mass is 16.5. The molecule has 2 unspecified atom stereocenters. The maximum absolute atomic E-state index is 12.4. The van der Waals surface area contributed by atoms with Gasteiger partial charge in [-0.05, 0) is 51.5 Å². The van der Waals surface area contributed by atoms with Gasteiger partial charge in [0.25, 0.3) is 0 Å². The summed E-state index contributed by atoms with van der Waals surface area (Å²) in [5.74, 6) is 0.553. The third kappa shape index (κ3) is 5.95. The van der Waals surface area contributed by atoms with Gasteiger partial charge in [0.2, 0.25) is 0 Å². The van der Waals surface area contributed by atoms with E-state index < -0.39 is 5.54 Å². The summed E-state index contributed by atoms with van der Waals surface area (Å²) in [7, 11) is 0. The largest absolute Gasteiger partial charge is 0.465 e. The van der Waals surface area contributed by atoms with Gasteiger partial charge < -0.3 is 14.8 Å². The van der Waals surface area contributed by atoms with Crippen LogP contribution >= 0.6 is 0 Å². The van der Waals surface area contributed by atoms with E-state index in [1.807, 2.05) is 6.92 Å². The molecule has 0 aromatic rings. The van der Waals surface area contributed by atoms with Gasteiger partial charge in [-0.1, -0.05) is 20.8 Å². The van der Waals surface area contributed by atoms with Gasteiger partial charge in [-0.25, -0.2) is 0 Å². The van der Waals surface area contributed by atoms with Gasteiger partial charge in [0.05, 0.1) is 12.7 Å². The number of hydrogen-bond donors (Lipinski definition) is 1. The summed E-state index contributed by atoms with van der Waals surface area (Å²) in [5.41, 5.74) is -0.535. The zero-order chi connectivity index (χ0) is 15.7. The predicted molar refractivity (Wildman–Crippen MR) is 85.3 cm³/mol. The lowest BCUT2D eigenvalue weighted by atomic mass is 9.79. The lowest BCUT2D eigenvalue weighted by Gasteiger charge is -2.39. The first kappa shape index (κ1) is 18.4. The molecule has 0 heterocycles. The van der Waals surface area contributed by atoms with Crippen molar-refractivity contribution in [3.8, 4) is 0 Å². The average Bonchev–Trinajstić information content (AvgIpc) is 2.45. The quantitative estimate of drug-likeness (QED) is 0.664. The highest BCUT2D eigenvalue weighted by Crippen LogP contribution is 2.31. The van der Waals surface area contributed by atoms with Crippen molar-refractivity contribution in [2.24, 2.45) is 5.92 Å². The number of rotatable bonds is 9. The van der Waals surface area contributed by atoms with Crippen LogP contribution in [0.15, 0.2) is 0 Å². The second kappa shape index (κ2) is 9.42. The molecule has 1 aliphatic carbocycles. The van der Waals surface area contributed by atoms with Gasteiger partial charge in [0.1, 0.15) is 5.54 Å². The van der Waals surface area contributed by atoms with Crippen LogP contribution in [-0.2, 0) is 14.3 Å². The molecule has 0 radical (unpaired) electrons. The molecule has 124 valence electrons. The van der Waals surface area contributed by atoms with Crippen LogP contribution < -0.4 is 5.32 Å². The van der Waals surface area contributed by atoms with Gasteiger partial charge in [-0.15, -0.1) is 0 Å². The minimum Gasteiger partial charge on any atom is -0.465 e. The van der Waals surface area contributed by atoms with E-state index in [2.05, 4.69) is 26.1 Å². The van der Waals surface area contributed by atoms with Crippen LogP contribution in [0.2, 0.25) is 0 Å². The van der Waals surface area contributed by atoms with Gasteiger partial charge in [-0.3, -0.25) is 4.79 Å². The molecule has 1 saturated carbocycles. The minimum atomic E-state index is -0.535. The van der Waals surface area contributed by atoms with Crippen molar-refractivity contribution in [3.05, 3.63) is 0 Å². The highest BCUT2D eigenvalue weighted by molar-refractivity contribution is 5.81. The zero-order valence-corrected chi connectivity index (χ0v) is 14.2. The fraction of sp³-hybridized carbons (Fsp3) is 0.941. The SMILES string of the molecule is CCCNC1(C(=O)OCC)CCCC(OCCC(C)C)C1. The predicted octanol–water partition coefficient (Wildman–Crippen LogP) is 3.29. The van der Waals surface area contributed by atoms with Crippen LogP contribution in [0.1, 0.15) is 66.2 Å². The molecule has 0 aromatic heterocycles. The fourth-order valence-electron chi connectivity index (χ4n) is 2.89. The summed E-state index contributed by atoms with van der Waals surface area (Å²) < 4.78 is 11.3. The van der Waals surface area contributed by atoms with Crippen LogP contribution in [0.3, 0.4) is 0 Å². The summed E-state index contributed by atoms with van der Waals surface area (Å²) >= 11 is 0. The van der Waals surface area contributed by atoms with Crippen molar-refractivity contribution in [2.45, 2.75) is 77.9 Å². The molecule has 0 aromatic carbocycles. The van der Waals surface area contributed by atoms with E-state index in [1.165, 1.54) is 0 Å². The second-order valence-corrected chi connectivity index (χ2v) is 6.50. The normalized spacial score (nSPS) is 26.0. The molecular formula is C17H33NO3. The summed E-state index contributed by atoms with van der Waals surface area (Å²) in [6.45, 7) is 10.5. The molecule has 1 N–H and O–H groups in total. The molecule has 0 saturated heterocycles. The van der Waals surface area contributed by atoms with E-state index in [0.29, 0.717) is 12.5 Å². The van der Waals surface area contributed by atoms with Crippen LogP contribution in [0.4, 0.5) is 0 Å². The van der Waals surface area contributed by atoms with E-state index in [0.717, 1.165) is 51.7 Å². The molecule has 21 heavy (non-hydrogen) atoms. The average molecular weight is 299 g/mol. The van der Waals surface area contributed by atoms with E-state index >= 15 is 0 Å². The van der Waals surface area contributed by atoms with Gasteiger partial charge >= 0.3 is 5.97 Å². The van der Waals surface area contributed by atoms with E-state index in [9.17, 15) is 4.79 Å². The lowest BCUT2D eigenvalue weighted by molar-refractivity contribution is -0.155. The zero-order valence-electron chi connectivity index (χ0n) is 14.2. The Morgan fingerprint density at radius 3 is 2.76 bits per heavy atom. The Kier molecular flexibility index (Phi) is 8.27. The van der Waals surface area contributed by atoms with E-state index in [4.69, 9.17) is 9.47 Å². The van der Waals surface area contributed by atoms with Crippen LogP contribution in [-0.4, -0.2) is 37.4 Å². The maximum atomic E-state index is 12.4. The molecule has 2 atom stereocenters. The summed E-state index contributed by atoms with van der Waals surface area (Å²) in [6, 6.07) is 0. The number of esters is 1. The Labute approximate surface area is 130 Å². The molecule has 4 nitrogen and oxygen atoms in total. The molecule has 0 bridgehead atoms. The summed E-state index contributed by atoms with van der Waals surface area (Å²) in [4.78, 5) is 12.4. The standard InChI is InChI=1S/C17H33NO3/c1-5-11-18-17(16(19)20-6-2)10-7-8-15(13-17)21-12-9-14(3)4/h14-15,18H,5-13H2,1-4H3. The van der Waals surface area contributed by atoms with E-state index in [1.54, 1.807) is 0 Å². The number of ether oxygens (including phenoxy) is 2. The van der Waals surface area contributed by atoms with Crippen molar-refractivity contribution in [3.63, 3.8) is 0 Å². The molecule has 0 aliphatic heterocycles. The van der Waals surface area contributed by atoms with Crippen molar-refractivity contribution in [2.75, 3.05) is 19.8 Å². The number of hydrogen-bond acceptors (Lipinski definition) is 4. The first-order valence-electron chi connectivity index (χ1n) is 8.58. The van der Waals surface area contributed by atoms with Crippen LogP contribution in [0, 0.1) is 5.92 Å². The summed E-state index contributed by atoms with van der Waals surface area (Å²) in [6.07, 6.45) is 5.92. The highest BCUT2D eigenvalue weighted by Gasteiger charge is 2.43. The fourth-order valence-corrected chi connectivity index (χ4v) is 2.89. The molecule has 1 fully saturated rings. The van der Waals surface area contributed by atoms with Crippen molar-refractivity contribution >= 4 is 5.97 Å². The topological polar surface area (TPSA) is 47.6 Å². The molecular weight excluding hydrogens is 266 g/mol. The molecule has 4 heteroatoms. The summed E-state index contributed by atoms with van der Waals surface area (Å²) in [5, 5.41) is 3.44. The number of nitrogens with one attached hydrogen (secondary N) is 1. The van der Waals surface area contributed by atoms with Gasteiger partial charge in [0.15, 0.2) is 0 Å². The van der Waals surface area contributed by atoms with Crippen molar-refractivity contribution in [1.82, 2.24) is 5.32 Å². The molecule has 0 amide bonds. The number of carbonyl (C=O) groups is 1. The number of carbonyl (C=O) groups excluding carboxylic acids is 1. The monoisotopic (exact) mass is 299 g/mol. The first-order chi connectivity index (χ1) is 10.0. The Bertz CT molecular complexity index is 306. The molecule has 1 rings (SSSR count). The maximum Gasteiger partial charge on any atom is 0.326 e. The van der Waals surface area contributed by atoms with Crippen LogP contribution in [0.5, 0.6) is 0 Å². The third-order valence-corrected chi connectivity index (χ3v) is 4.13. The van der Waals surface area contributed by atoms with E-state index in [-0.39, 0.29) is 12.1 Å². The Morgan fingerprint density at radius 2 is 2.14 bits per heavy atom.